The average Bonchev–Trinajstić information content (AvgIpc) is 2.47. The van der Waals surface area contributed by atoms with Crippen molar-refractivity contribution in [2.24, 2.45) is 0 Å². The maximum atomic E-state index is 12.4. The van der Waals surface area contributed by atoms with E-state index in [1.165, 1.54) is 12.1 Å². The molecule has 2 aromatic rings. The lowest BCUT2D eigenvalue weighted by Gasteiger charge is -2.05. The van der Waals surface area contributed by atoms with Crippen LogP contribution in [-0.2, 0) is 9.84 Å². The van der Waals surface area contributed by atoms with Gasteiger partial charge in [-0.3, -0.25) is 0 Å². The molecule has 0 fully saturated rings. The lowest BCUT2D eigenvalue weighted by Crippen LogP contribution is -2.07. The second kappa shape index (κ2) is 6.77. The molecule has 23 heavy (non-hydrogen) atoms. The van der Waals surface area contributed by atoms with Gasteiger partial charge in [0.15, 0.2) is 4.91 Å². The molecular weight excluding hydrogens is 336 g/mol. The van der Waals surface area contributed by atoms with Crippen LogP contribution in [0.25, 0.3) is 0 Å². The molecule has 118 valence electrons. The number of benzene rings is 1. The SMILES string of the molecule is Cc1ccc(S(=O)(=O)/C(C#N)=C/Nc2nc(C)cc(Cl)n2)cc1. The molecule has 0 atom stereocenters. The van der Waals surface area contributed by atoms with Crippen molar-refractivity contribution in [1.82, 2.24) is 9.97 Å². The zero-order valence-corrected chi connectivity index (χ0v) is 14.0. The number of halogens is 1. The largest absolute Gasteiger partial charge is 0.329 e. The standard InChI is InChI=1S/C15H13ClN4O2S/c1-10-3-5-12(6-4-10)23(21,22)13(8-17)9-18-15-19-11(2)7-14(16)20-15/h3-7,9H,1-2H3,(H,18,19,20)/b13-9+. The first-order valence-electron chi connectivity index (χ1n) is 6.52. The first-order chi connectivity index (χ1) is 10.8. The topological polar surface area (TPSA) is 95.7 Å². The predicted octanol–water partition coefficient (Wildman–Crippen LogP) is 3.00. The third-order valence-corrected chi connectivity index (χ3v) is 4.76. The Bertz CT molecular complexity index is 880. The number of aryl methyl sites for hydroxylation is 2. The van der Waals surface area contributed by atoms with Crippen LogP contribution >= 0.6 is 11.6 Å². The summed E-state index contributed by atoms with van der Waals surface area (Å²) in [5.74, 6) is 0.113. The van der Waals surface area contributed by atoms with Gasteiger partial charge in [-0.25, -0.2) is 18.4 Å². The Labute approximate surface area is 139 Å². The molecule has 0 aliphatic carbocycles. The van der Waals surface area contributed by atoms with E-state index in [0.29, 0.717) is 5.69 Å². The first kappa shape index (κ1) is 16.9. The lowest BCUT2D eigenvalue weighted by molar-refractivity contribution is 0.603. The number of nitrogens with zero attached hydrogens (tertiary/aromatic N) is 3. The molecule has 0 saturated heterocycles. The molecule has 1 aromatic heterocycles. The average molecular weight is 349 g/mol. The van der Waals surface area contributed by atoms with Crippen molar-refractivity contribution in [3.8, 4) is 6.07 Å². The zero-order chi connectivity index (χ0) is 17.0. The highest BCUT2D eigenvalue weighted by atomic mass is 35.5. The number of nitrogens with one attached hydrogen (secondary N) is 1. The van der Waals surface area contributed by atoms with E-state index in [1.807, 2.05) is 6.92 Å². The van der Waals surface area contributed by atoms with E-state index in [4.69, 9.17) is 16.9 Å². The van der Waals surface area contributed by atoms with E-state index in [2.05, 4.69) is 15.3 Å². The minimum Gasteiger partial charge on any atom is -0.329 e. The van der Waals surface area contributed by atoms with Gasteiger partial charge in [0, 0.05) is 11.9 Å². The predicted molar refractivity (Wildman–Crippen MR) is 87.5 cm³/mol. The number of hydrogen-bond acceptors (Lipinski definition) is 6. The molecule has 0 aliphatic rings. The van der Waals surface area contributed by atoms with E-state index in [-0.39, 0.29) is 16.0 Å². The highest BCUT2D eigenvalue weighted by Crippen LogP contribution is 2.19. The quantitative estimate of drug-likeness (QED) is 0.674. The van der Waals surface area contributed by atoms with Gasteiger partial charge in [0.25, 0.3) is 0 Å². The van der Waals surface area contributed by atoms with Crippen molar-refractivity contribution >= 4 is 27.4 Å². The third kappa shape index (κ3) is 4.06. The van der Waals surface area contributed by atoms with E-state index in [9.17, 15) is 8.42 Å². The molecular formula is C15H13ClN4O2S. The molecule has 0 amide bonds. The zero-order valence-electron chi connectivity index (χ0n) is 12.4. The second-order valence-corrected chi connectivity index (χ2v) is 7.04. The van der Waals surface area contributed by atoms with E-state index < -0.39 is 14.7 Å². The minimum absolute atomic E-state index is 0.0425. The van der Waals surface area contributed by atoms with Crippen molar-refractivity contribution in [2.45, 2.75) is 18.7 Å². The molecule has 0 radical (unpaired) electrons. The van der Waals surface area contributed by atoms with Crippen LogP contribution in [0.5, 0.6) is 0 Å². The smallest absolute Gasteiger partial charge is 0.228 e. The van der Waals surface area contributed by atoms with Crippen molar-refractivity contribution < 1.29 is 8.42 Å². The Kier molecular flexibility index (Phi) is 4.98. The molecule has 0 saturated carbocycles. The molecule has 1 heterocycles. The lowest BCUT2D eigenvalue weighted by atomic mass is 10.2. The summed E-state index contributed by atoms with van der Waals surface area (Å²) >= 11 is 5.80. The van der Waals surface area contributed by atoms with Gasteiger partial charge in [0.05, 0.1) is 4.90 Å². The summed E-state index contributed by atoms with van der Waals surface area (Å²) in [6, 6.07) is 9.48. The van der Waals surface area contributed by atoms with Crippen molar-refractivity contribution in [3.05, 3.63) is 57.8 Å². The number of allylic oxidation sites excluding steroid dienone is 1. The molecule has 0 unspecified atom stereocenters. The maximum Gasteiger partial charge on any atom is 0.228 e. The van der Waals surface area contributed by atoms with E-state index in [1.54, 1.807) is 31.2 Å². The van der Waals surface area contributed by atoms with Crippen LogP contribution in [0.1, 0.15) is 11.3 Å². The number of anilines is 1. The van der Waals surface area contributed by atoms with Gasteiger partial charge in [-0.1, -0.05) is 29.3 Å². The van der Waals surface area contributed by atoms with Crippen molar-refractivity contribution in [1.29, 1.82) is 5.26 Å². The van der Waals surface area contributed by atoms with Crippen LogP contribution < -0.4 is 5.32 Å². The monoisotopic (exact) mass is 348 g/mol. The Morgan fingerprint density at radius 3 is 2.48 bits per heavy atom. The van der Waals surface area contributed by atoms with Gasteiger partial charge in [0.2, 0.25) is 15.8 Å². The highest BCUT2D eigenvalue weighted by molar-refractivity contribution is 7.95. The fourth-order valence-electron chi connectivity index (χ4n) is 1.74. The number of sulfone groups is 1. The molecule has 1 aromatic carbocycles. The minimum atomic E-state index is -3.91. The van der Waals surface area contributed by atoms with Crippen LogP contribution in [0.3, 0.4) is 0 Å². The van der Waals surface area contributed by atoms with Crippen LogP contribution in [0.4, 0.5) is 5.95 Å². The van der Waals surface area contributed by atoms with Gasteiger partial charge in [0.1, 0.15) is 11.2 Å². The number of aromatic nitrogens is 2. The summed E-state index contributed by atoms with van der Waals surface area (Å²) < 4.78 is 24.9. The summed E-state index contributed by atoms with van der Waals surface area (Å²) in [6.45, 7) is 3.56. The van der Waals surface area contributed by atoms with E-state index >= 15 is 0 Å². The Balaban J connectivity index is 2.35. The molecule has 0 bridgehead atoms. The third-order valence-electron chi connectivity index (χ3n) is 2.89. The molecule has 6 nitrogen and oxygen atoms in total. The fourth-order valence-corrected chi connectivity index (χ4v) is 3.06. The summed E-state index contributed by atoms with van der Waals surface area (Å²) in [7, 11) is -3.91. The summed E-state index contributed by atoms with van der Waals surface area (Å²) in [4.78, 5) is 7.55. The Morgan fingerprint density at radius 1 is 1.26 bits per heavy atom. The van der Waals surface area contributed by atoms with Crippen LogP contribution in [0.15, 0.2) is 46.3 Å². The van der Waals surface area contributed by atoms with Crippen LogP contribution in [-0.4, -0.2) is 18.4 Å². The number of rotatable bonds is 4. The molecule has 1 N–H and O–H groups in total. The van der Waals surface area contributed by atoms with Crippen LogP contribution in [0, 0.1) is 25.2 Å². The van der Waals surface area contributed by atoms with Gasteiger partial charge < -0.3 is 5.32 Å². The molecule has 0 spiro atoms. The van der Waals surface area contributed by atoms with Gasteiger partial charge in [-0.05, 0) is 32.0 Å². The van der Waals surface area contributed by atoms with Gasteiger partial charge in [-0.15, -0.1) is 0 Å². The second-order valence-electron chi connectivity index (χ2n) is 4.74. The van der Waals surface area contributed by atoms with Crippen molar-refractivity contribution in [3.63, 3.8) is 0 Å². The Hall–Kier alpha value is -2.43. The number of nitriles is 1. The molecule has 8 heteroatoms. The number of hydrogen-bond donors (Lipinski definition) is 1. The normalized spacial score (nSPS) is 11.8. The van der Waals surface area contributed by atoms with Gasteiger partial charge in [-0.2, -0.15) is 5.26 Å². The molecule has 0 aliphatic heterocycles. The maximum absolute atomic E-state index is 12.4. The Morgan fingerprint density at radius 2 is 1.91 bits per heavy atom. The molecule has 2 rings (SSSR count). The van der Waals surface area contributed by atoms with Crippen molar-refractivity contribution in [2.75, 3.05) is 5.32 Å². The summed E-state index contributed by atoms with van der Waals surface area (Å²) in [6.07, 6.45) is 1.06. The summed E-state index contributed by atoms with van der Waals surface area (Å²) in [5.41, 5.74) is 1.54. The summed E-state index contributed by atoms with van der Waals surface area (Å²) in [5, 5.41) is 12.0. The first-order valence-corrected chi connectivity index (χ1v) is 8.39. The van der Waals surface area contributed by atoms with Crippen LogP contribution in [0.2, 0.25) is 5.15 Å². The highest BCUT2D eigenvalue weighted by Gasteiger charge is 2.20. The fraction of sp³-hybridized carbons (Fsp3) is 0.133. The van der Waals surface area contributed by atoms with E-state index in [0.717, 1.165) is 11.8 Å². The van der Waals surface area contributed by atoms with Gasteiger partial charge >= 0.3 is 0 Å².